The first-order valence-corrected chi connectivity index (χ1v) is 16.4. The molecule has 0 bridgehead atoms. The van der Waals surface area contributed by atoms with Crippen LogP contribution in [-0.4, -0.2) is 83.0 Å². The zero-order valence-electron chi connectivity index (χ0n) is 21.2. The minimum Gasteiger partial charge on any atom is -0.394 e. The minimum absolute atomic E-state index is 0. The van der Waals surface area contributed by atoms with Crippen LogP contribution >= 0.6 is 32.2 Å². The lowest BCUT2D eigenvalue weighted by atomic mass is 10.5. The number of carbonyl (C=O) groups excluding carboxylic acids is 1. The number of thiocarbonyl (C=S) groups is 1. The fourth-order valence-electron chi connectivity index (χ4n) is 0. The third-order valence-electron chi connectivity index (χ3n) is 0. The molecule has 0 spiro atoms. The van der Waals surface area contributed by atoms with Gasteiger partial charge in [-0.15, -0.1) is 0 Å². The van der Waals surface area contributed by atoms with Crippen LogP contribution in [0.25, 0.3) is 0 Å². The number of thiol groups is 1. The van der Waals surface area contributed by atoms with Crippen LogP contribution in [0.15, 0.2) is 0 Å². The predicted octanol–water partition coefficient (Wildman–Crippen LogP) is 8.96. The van der Waals surface area contributed by atoms with Crippen LogP contribution in [0.4, 0.5) is 0 Å². The molecule has 0 amide bonds. The number of hydrogen-bond acceptors (Lipinski definition) is 8. The molecule has 0 aliphatic heterocycles. The highest BCUT2D eigenvalue weighted by Gasteiger charge is 1.92. The fourth-order valence-corrected chi connectivity index (χ4v) is 0. The Morgan fingerprint density at radius 1 is 0.816 bits per heavy atom. The van der Waals surface area contributed by atoms with E-state index in [0.717, 1.165) is 17.4 Å². The first-order valence-electron chi connectivity index (χ1n) is 8.64. The van der Waals surface area contributed by atoms with Gasteiger partial charge in [-0.1, -0.05) is 85.5 Å². The van der Waals surface area contributed by atoms with Crippen LogP contribution in [0.3, 0.4) is 0 Å². The maximum atomic E-state index is 9.77. The Bertz CT molecular complexity index is 477. The zero-order chi connectivity index (χ0) is 26.9. The fraction of sp³-hybridized carbons (Fsp3) is 0.923. The Morgan fingerprint density at radius 3 is 0.816 bits per heavy atom. The van der Waals surface area contributed by atoms with Gasteiger partial charge in [0.2, 0.25) is 0 Å². The van der Waals surface area contributed by atoms with Gasteiger partial charge < -0.3 is 14.8 Å². The number of aliphatic hydroxyl groups is 1. The van der Waals surface area contributed by atoms with Crippen molar-refractivity contribution in [1.82, 2.24) is 0 Å². The van der Waals surface area contributed by atoms with Gasteiger partial charge in [0.05, 0.1) is 0 Å². The largest absolute Gasteiger partial charge is 0.394 e. The van der Waals surface area contributed by atoms with E-state index in [-0.39, 0.29) is 71.3 Å². The topological polar surface area (TPSA) is 126 Å². The number of rotatable bonds is 0. The van der Waals surface area contributed by atoms with Gasteiger partial charge in [-0.3, -0.25) is 8.77 Å². The molecule has 0 saturated carbocycles. The molecule has 0 aromatic rings. The van der Waals surface area contributed by atoms with E-state index in [0.29, 0.717) is 5.25 Å². The van der Waals surface area contributed by atoms with E-state index >= 15 is 0 Å². The monoisotopic (exact) mass is 662 g/mol. The molecule has 254 valence electrons. The van der Waals surface area contributed by atoms with Gasteiger partial charge in [0.1, 0.15) is 15.6 Å². The zero-order valence-corrected chi connectivity index (χ0v) is 25.4. The molecule has 0 rings (SSSR count). The van der Waals surface area contributed by atoms with E-state index < -0.39 is 28.0 Å². The molecule has 2 N–H and O–H groups in total. The van der Waals surface area contributed by atoms with E-state index in [1.165, 1.54) is 27.2 Å². The van der Waals surface area contributed by atoms with Crippen LogP contribution in [-0.2, 0) is 30.0 Å². The maximum Gasteiger partial charge on any atom is 0.194 e. The summed E-state index contributed by atoms with van der Waals surface area (Å²) in [5.74, 6) is 0.167. The number of aliphatic hydroxyl groups excluding tert-OH is 1. The molecule has 7 nitrogen and oxygen atoms in total. The summed E-state index contributed by atoms with van der Waals surface area (Å²) in [4.78, 5) is 18.5. The molecular weight excluding hydrogens is 584 g/mol. The summed E-state index contributed by atoms with van der Waals surface area (Å²) in [6.07, 6.45) is 5.43. The minimum atomic E-state index is -2.67. The van der Waals surface area contributed by atoms with Crippen LogP contribution in [0.1, 0.15) is 115 Å². The lowest BCUT2D eigenvalue weighted by Gasteiger charge is -1.86. The van der Waals surface area contributed by atoms with Crippen molar-refractivity contribution in [3.05, 3.63) is 0 Å². The van der Waals surface area contributed by atoms with Crippen molar-refractivity contribution in [2.24, 2.45) is 0 Å². The molecular formula is C26H79O7PS4. The van der Waals surface area contributed by atoms with Crippen LogP contribution < -0.4 is 0 Å². The van der Waals surface area contributed by atoms with Gasteiger partial charge in [0, 0.05) is 55.3 Å². The molecule has 38 heavy (non-hydrogen) atoms. The molecule has 0 aliphatic rings. The lowest BCUT2D eigenvalue weighted by molar-refractivity contribution is -0.115. The highest BCUT2D eigenvalue weighted by molar-refractivity contribution is 7.89. The van der Waals surface area contributed by atoms with Crippen molar-refractivity contribution < 1.29 is 32.0 Å². The summed E-state index contributed by atoms with van der Waals surface area (Å²) >= 11 is 8.50. The lowest BCUT2D eigenvalue weighted by Crippen LogP contribution is -1.86. The molecule has 0 fully saturated rings. The average molecular weight is 663 g/mol. The molecule has 0 saturated heterocycles. The Kier molecular flexibility index (Phi) is 170. The molecule has 0 unspecified atom stereocenters. The Hall–Kier alpha value is 0.360. The quantitative estimate of drug-likeness (QED) is 0.133. The van der Waals surface area contributed by atoms with E-state index in [4.69, 9.17) is 10.00 Å². The normalized spacial score (nSPS) is 7.26. The van der Waals surface area contributed by atoms with Crippen LogP contribution in [0.2, 0.25) is 0 Å². The van der Waals surface area contributed by atoms with Gasteiger partial charge in [0.25, 0.3) is 0 Å². The second-order valence-electron chi connectivity index (χ2n) is 7.18. The van der Waals surface area contributed by atoms with Crippen molar-refractivity contribution in [3.8, 4) is 0 Å². The van der Waals surface area contributed by atoms with Gasteiger partial charge in [0.15, 0.2) is 7.37 Å². The third-order valence-corrected chi connectivity index (χ3v) is 0. The average Bonchev–Trinajstić information content (AvgIpc) is 2.16. The summed E-state index contributed by atoms with van der Waals surface area (Å²) in [7, 11) is -5.92. The van der Waals surface area contributed by atoms with Crippen molar-refractivity contribution >= 4 is 63.5 Å². The van der Waals surface area contributed by atoms with E-state index in [2.05, 4.69) is 24.8 Å². The number of carbonyl (C=O) groups is 1. The molecule has 0 heterocycles. The second kappa shape index (κ2) is 66.0. The van der Waals surface area contributed by atoms with E-state index in [9.17, 15) is 22.0 Å². The standard InChI is InChI=1S/C3H8O.C3H6O.C3H8S.C3H6S.C2H7O2P.C2H6O2S.C2H6OS.8CH4/c4*1-3(2)4;2*1-5(2,3)4;1-4(2)3;;;;;;;;/h3-4H,1-2H3;1-2H3;3-4H,1-2H3;1-2H3;1-2H3,(H,3,4);1-2H3;1-2H3;8*1H4. The Balaban J connectivity index is -0.0000000121. The molecule has 12 heteroatoms. The molecule has 0 aromatic heterocycles. The van der Waals surface area contributed by atoms with Crippen molar-refractivity contribution in [2.45, 2.75) is 126 Å². The third kappa shape index (κ3) is 351000. The summed E-state index contributed by atoms with van der Waals surface area (Å²) < 4.78 is 38.6. The first-order chi connectivity index (χ1) is 12.7. The van der Waals surface area contributed by atoms with Gasteiger partial charge in [-0.05, 0) is 51.7 Å². The maximum absolute atomic E-state index is 9.77. The Labute approximate surface area is 259 Å². The first kappa shape index (κ1) is 98.1. The molecule has 0 aromatic carbocycles. The number of Topliss-reactive ketones (excluding diaryl/α,β-unsaturated/α-hetero) is 1. The summed E-state index contributed by atoms with van der Waals surface area (Å²) in [6.45, 7) is 17.0. The van der Waals surface area contributed by atoms with Crippen LogP contribution in [0, 0.1) is 0 Å². The summed E-state index contributed by atoms with van der Waals surface area (Å²) in [5, 5.41) is 8.58. The predicted molar refractivity (Wildman–Crippen MR) is 198 cm³/mol. The van der Waals surface area contributed by atoms with Crippen molar-refractivity contribution in [2.75, 3.05) is 38.4 Å². The highest BCUT2D eigenvalue weighted by atomic mass is 32.2. The number of hydrogen-bond donors (Lipinski definition) is 3. The molecule has 0 atom stereocenters. The molecule has 0 aliphatic carbocycles. The second-order valence-corrected chi connectivity index (χ2v) is 15.4. The van der Waals surface area contributed by atoms with Crippen molar-refractivity contribution in [3.63, 3.8) is 0 Å². The van der Waals surface area contributed by atoms with Crippen LogP contribution in [0.5, 0.6) is 0 Å². The van der Waals surface area contributed by atoms with E-state index in [1.807, 2.05) is 27.7 Å². The highest BCUT2D eigenvalue weighted by Crippen LogP contribution is 2.27. The summed E-state index contributed by atoms with van der Waals surface area (Å²) in [6, 6.07) is 0. The van der Waals surface area contributed by atoms with E-state index in [1.54, 1.807) is 26.4 Å². The van der Waals surface area contributed by atoms with Crippen molar-refractivity contribution in [1.29, 1.82) is 0 Å². The smallest absolute Gasteiger partial charge is 0.194 e. The number of ketones is 1. The van der Waals surface area contributed by atoms with Gasteiger partial charge >= 0.3 is 0 Å². The SMILES string of the molecule is C.C.C.C.C.C.C.C.CC(C)=O.CC(C)=S.CC(C)O.CC(C)S.CP(C)(=O)O.CS(C)(=O)=O.CS(C)=O. The molecule has 0 radical (unpaired) electrons. The number of sulfone groups is 1. The van der Waals surface area contributed by atoms with Gasteiger partial charge in [-0.2, -0.15) is 12.6 Å². The summed E-state index contributed by atoms with van der Waals surface area (Å²) in [5.41, 5.74) is 0. The van der Waals surface area contributed by atoms with Gasteiger partial charge in [-0.25, -0.2) is 8.42 Å². The Morgan fingerprint density at radius 2 is 0.816 bits per heavy atom.